The van der Waals surface area contributed by atoms with Crippen molar-refractivity contribution in [3.05, 3.63) is 417 Å². The molecule has 100 heavy (non-hydrogen) atoms. The molecule has 26 rings (SSSR count). The van der Waals surface area contributed by atoms with Crippen LogP contribution in [0.5, 0.6) is 0 Å². The van der Waals surface area contributed by atoms with Gasteiger partial charge >= 0.3 is 0 Å². The molecule has 10 aromatic rings. The molecule has 5 saturated carbocycles. The highest BCUT2D eigenvalue weighted by Gasteiger charge is 2.92. The van der Waals surface area contributed by atoms with Gasteiger partial charge in [0.2, 0.25) is 0 Å². The van der Waals surface area contributed by atoms with Crippen LogP contribution in [-0.2, 0) is 27.1 Å². The number of rotatable bonds is 10. The lowest BCUT2D eigenvalue weighted by Gasteiger charge is -2.69. The monoisotopic (exact) mass is 1270 g/mol. The molecule has 0 nitrogen and oxygen atoms in total. The van der Waals surface area contributed by atoms with Gasteiger partial charge in [-0.2, -0.15) is 0 Å². The van der Waals surface area contributed by atoms with Crippen LogP contribution in [0.2, 0.25) is 0 Å². The van der Waals surface area contributed by atoms with Crippen molar-refractivity contribution in [1.82, 2.24) is 0 Å². The van der Waals surface area contributed by atoms with Crippen molar-refractivity contribution in [3.63, 3.8) is 0 Å². The first-order chi connectivity index (χ1) is 49.6. The standard InChI is InChI=1S/C100H70/c1-6-16-56(17-7-1)61-26-36-66(37-27-61)96-81-71-46-48-73-75-50-52-77-79-54-55-80-78-53-51-76-74-49-47-72(71)82(96)84(74)98(68-40-30-63(31-41-68)58-20-10-3-11-21-58)86(76)88(78)100(70-44-34-65(35-45-70)60-24-14-5-15-25-60)90(80)89(79)99(69-42-32-64(33-43-69)59-22-12-4-13-23-59)87(77)85(75)97(83(73)81,92-91(96)93(98)95(100)94(92)99)67-38-28-62(29-39-67)57-18-8-2-9-19-57/h1-55,71-75,81-85,87-90,93H. The van der Waals surface area contributed by atoms with Gasteiger partial charge in [0.25, 0.3) is 0 Å². The van der Waals surface area contributed by atoms with Gasteiger partial charge in [-0.05, 0) is 192 Å². The zero-order valence-electron chi connectivity index (χ0n) is 55.4. The summed E-state index contributed by atoms with van der Waals surface area (Å²) in [6.45, 7) is 0. The van der Waals surface area contributed by atoms with Crippen molar-refractivity contribution in [2.75, 3.05) is 0 Å². The Hall–Kier alpha value is -10.4. The molecule has 0 saturated heterocycles. The molecule has 0 heteroatoms. The Labute approximate surface area is 585 Å². The summed E-state index contributed by atoms with van der Waals surface area (Å²) in [7, 11) is 0. The van der Waals surface area contributed by atoms with Gasteiger partial charge in [-0.1, -0.05) is 334 Å². The van der Waals surface area contributed by atoms with Crippen molar-refractivity contribution in [1.29, 1.82) is 0 Å². The molecule has 0 N–H and O–H groups in total. The van der Waals surface area contributed by atoms with Gasteiger partial charge in [0.1, 0.15) is 0 Å². The number of fused-ring (bicyclic) bond motifs is 3. The molecule has 0 bridgehead atoms. The Morgan fingerprint density at radius 2 is 0.510 bits per heavy atom. The topological polar surface area (TPSA) is 0 Å². The zero-order valence-corrected chi connectivity index (χ0v) is 55.4. The summed E-state index contributed by atoms with van der Waals surface area (Å²) in [5, 5.41) is 0. The molecule has 5 fully saturated rings. The van der Waals surface area contributed by atoms with Crippen molar-refractivity contribution in [2.45, 2.75) is 27.1 Å². The fourth-order valence-corrected chi connectivity index (χ4v) is 28.8. The molecule has 16 aliphatic rings. The van der Waals surface area contributed by atoms with E-state index in [1.54, 1.807) is 61.3 Å². The fourth-order valence-electron chi connectivity index (χ4n) is 28.8. The van der Waals surface area contributed by atoms with Gasteiger partial charge in [-0.3, -0.25) is 0 Å². The SMILES string of the molecule is C1=CC2=C3C=CC4=C5C=CC6C7C=CC8C9C=CC%10C1=C1C2C2(c%11ccc(-c%12ccccc%12)cc%11)C%11=C%12C%13=C%14C%11C1(c1ccc(-c%11ccccc%11)cc1)C%10C9C%14(c1ccc(-c9ccccc9)cc1)C8C7C%13(c1ccc(-c7ccccc7)cc1)C6C5C%12(c1ccc(-c5ccccc5)cc1)C4C32. The summed E-state index contributed by atoms with van der Waals surface area (Å²) in [5.74, 6) is 4.05. The van der Waals surface area contributed by atoms with Gasteiger partial charge in [-0.25, -0.2) is 0 Å². The highest BCUT2D eigenvalue weighted by atomic mass is 14.9. The summed E-state index contributed by atoms with van der Waals surface area (Å²) in [5.41, 5.74) is 36.2. The summed E-state index contributed by atoms with van der Waals surface area (Å²) in [6, 6.07) is 109. The molecule has 470 valence electrons. The van der Waals surface area contributed by atoms with E-state index in [1.165, 1.54) is 61.2 Å². The average molecular weight is 1270 g/mol. The third kappa shape index (κ3) is 5.53. The van der Waals surface area contributed by atoms with Crippen molar-refractivity contribution >= 4 is 0 Å². The molecule has 0 radical (unpaired) electrons. The minimum Gasteiger partial charge on any atom is -0.0842 e. The first-order valence-corrected chi connectivity index (χ1v) is 37.5. The number of hydrogen-bond donors (Lipinski definition) is 0. The molecule has 0 heterocycles. The highest BCUT2D eigenvalue weighted by molar-refractivity contribution is 5.90. The second-order valence-corrected chi connectivity index (χ2v) is 32.9. The molecule has 0 spiro atoms. The van der Waals surface area contributed by atoms with E-state index in [0.717, 1.165) is 0 Å². The van der Waals surface area contributed by atoms with E-state index in [4.69, 9.17) is 0 Å². The minimum absolute atomic E-state index is 0.0749. The smallest absolute Gasteiger partial charge is 0.0355 e. The van der Waals surface area contributed by atoms with Crippen molar-refractivity contribution < 1.29 is 0 Å². The molecule has 20 unspecified atom stereocenters. The highest BCUT2D eigenvalue weighted by Crippen LogP contribution is 2.96. The predicted molar refractivity (Wildman–Crippen MR) is 401 cm³/mol. The summed E-state index contributed by atoms with van der Waals surface area (Å²) >= 11 is 0. The largest absolute Gasteiger partial charge is 0.0842 e. The first kappa shape index (κ1) is 53.6. The number of benzene rings is 10. The maximum absolute atomic E-state index is 2.92. The van der Waals surface area contributed by atoms with Crippen LogP contribution in [0.25, 0.3) is 55.6 Å². The number of allylic oxidation sites excluding steroid dienone is 20. The van der Waals surface area contributed by atoms with Crippen LogP contribution < -0.4 is 0 Å². The predicted octanol–water partition coefficient (Wildman–Crippen LogP) is 21.7. The van der Waals surface area contributed by atoms with Gasteiger partial charge in [0.15, 0.2) is 0 Å². The van der Waals surface area contributed by atoms with Gasteiger partial charge in [0, 0.05) is 62.6 Å². The molecule has 0 amide bonds. The van der Waals surface area contributed by atoms with Crippen molar-refractivity contribution in [3.8, 4) is 55.6 Å². The molecule has 20 atom stereocenters. The Morgan fingerprint density at radius 1 is 0.190 bits per heavy atom. The Bertz CT molecular complexity index is 5690. The minimum atomic E-state index is -0.423. The van der Waals surface area contributed by atoms with E-state index in [2.05, 4.69) is 334 Å². The summed E-state index contributed by atoms with van der Waals surface area (Å²) in [4.78, 5) is 0. The van der Waals surface area contributed by atoms with E-state index in [0.29, 0.717) is 53.3 Å². The zero-order chi connectivity index (χ0) is 64.5. The van der Waals surface area contributed by atoms with Gasteiger partial charge in [0.05, 0.1) is 0 Å². The van der Waals surface area contributed by atoms with Crippen LogP contribution in [0.15, 0.2) is 389 Å². The third-order valence-electron chi connectivity index (χ3n) is 30.7. The summed E-state index contributed by atoms with van der Waals surface area (Å²) < 4.78 is 0. The van der Waals surface area contributed by atoms with Crippen LogP contribution in [0, 0.1) is 88.8 Å². The normalized spacial score (nSPS) is 37.3. The van der Waals surface area contributed by atoms with Crippen LogP contribution in [0.4, 0.5) is 0 Å². The summed E-state index contributed by atoms with van der Waals surface area (Å²) in [6.07, 6.45) is 28.3. The lowest BCUT2D eigenvalue weighted by molar-refractivity contribution is -0.00213. The van der Waals surface area contributed by atoms with E-state index >= 15 is 0 Å². The molecule has 0 aliphatic heterocycles. The fraction of sp³-hybridized carbons (Fsp3) is 0.200. The maximum Gasteiger partial charge on any atom is 0.0355 e. The van der Waals surface area contributed by atoms with Crippen LogP contribution >= 0.6 is 0 Å². The van der Waals surface area contributed by atoms with E-state index in [-0.39, 0.29) is 51.8 Å². The van der Waals surface area contributed by atoms with Crippen LogP contribution in [0.3, 0.4) is 0 Å². The molecule has 10 aromatic carbocycles. The average Bonchev–Trinajstić information content (AvgIpc) is 1.40. The Balaban J connectivity index is 0.889. The third-order valence-corrected chi connectivity index (χ3v) is 30.7. The van der Waals surface area contributed by atoms with Crippen molar-refractivity contribution in [2.24, 2.45) is 88.8 Å². The molecular formula is C100H70. The second kappa shape index (κ2) is 18.0. The lowest BCUT2D eigenvalue weighted by Crippen LogP contribution is -2.68. The van der Waals surface area contributed by atoms with Crippen LogP contribution in [-0.4, -0.2) is 0 Å². The van der Waals surface area contributed by atoms with Crippen LogP contribution in [0.1, 0.15) is 27.8 Å². The van der Waals surface area contributed by atoms with Gasteiger partial charge < -0.3 is 0 Å². The van der Waals surface area contributed by atoms with E-state index in [9.17, 15) is 0 Å². The molecule has 0 aromatic heterocycles. The number of hydrogen-bond acceptors (Lipinski definition) is 0. The van der Waals surface area contributed by atoms with E-state index in [1.807, 2.05) is 16.7 Å². The second-order valence-electron chi connectivity index (χ2n) is 32.9. The molecule has 16 aliphatic carbocycles. The van der Waals surface area contributed by atoms with E-state index < -0.39 is 10.8 Å². The molecular weight excluding hydrogens is 1200 g/mol. The Morgan fingerprint density at radius 3 is 0.990 bits per heavy atom. The quantitative estimate of drug-likeness (QED) is 0.120. The first-order valence-electron chi connectivity index (χ1n) is 37.5. The Kier molecular flexibility index (Phi) is 9.62. The van der Waals surface area contributed by atoms with Gasteiger partial charge in [-0.15, -0.1) is 0 Å². The maximum atomic E-state index is 2.92. The lowest BCUT2D eigenvalue weighted by atomic mass is 9.32.